The summed E-state index contributed by atoms with van der Waals surface area (Å²) >= 11 is 0. The molecule has 1 fully saturated rings. The molecule has 0 atom stereocenters. The Kier molecular flexibility index (Phi) is 2.91. The number of nitriles is 1. The first-order valence-electron chi connectivity index (χ1n) is 5.40. The van der Waals surface area contributed by atoms with Crippen molar-refractivity contribution >= 4 is 5.91 Å². The van der Waals surface area contributed by atoms with Gasteiger partial charge in [0, 0.05) is 6.07 Å². The molecule has 0 aromatic carbocycles. The van der Waals surface area contributed by atoms with E-state index in [1.807, 2.05) is 0 Å². The zero-order valence-electron chi connectivity index (χ0n) is 8.90. The number of rotatable bonds is 2. The number of nitrogens with zero attached hydrogens (tertiary/aromatic N) is 2. The predicted octanol–water partition coefficient (Wildman–Crippen LogP) is 1.63. The minimum atomic E-state index is -0.714. The number of amides is 1. The van der Waals surface area contributed by atoms with Gasteiger partial charge >= 0.3 is 0 Å². The second kappa shape index (κ2) is 4.35. The molecule has 1 aliphatic carbocycles. The number of nitrogens with one attached hydrogen (secondary N) is 1. The average Bonchev–Trinajstić information content (AvgIpc) is 2.84. The fourth-order valence-electron chi connectivity index (χ4n) is 2.03. The summed E-state index contributed by atoms with van der Waals surface area (Å²) in [4.78, 5) is 11.8. The maximum absolute atomic E-state index is 11.8. The van der Waals surface area contributed by atoms with Crippen molar-refractivity contribution in [2.75, 3.05) is 0 Å². The predicted molar refractivity (Wildman–Crippen MR) is 55.4 cm³/mol. The molecule has 0 aliphatic heterocycles. The van der Waals surface area contributed by atoms with Gasteiger partial charge in [0.2, 0.25) is 0 Å². The van der Waals surface area contributed by atoms with Crippen LogP contribution in [-0.2, 0) is 0 Å². The van der Waals surface area contributed by atoms with Gasteiger partial charge in [-0.1, -0.05) is 24.4 Å². The molecule has 2 rings (SSSR count). The first kappa shape index (κ1) is 10.7. The Hall–Kier alpha value is -1.83. The Morgan fingerprint density at radius 2 is 2.25 bits per heavy atom. The molecule has 1 aromatic heterocycles. The Morgan fingerprint density at radius 3 is 2.81 bits per heavy atom. The van der Waals surface area contributed by atoms with Crippen LogP contribution in [0.15, 0.2) is 16.9 Å². The van der Waals surface area contributed by atoms with Crippen molar-refractivity contribution in [1.82, 2.24) is 10.5 Å². The molecule has 5 heteroatoms. The van der Waals surface area contributed by atoms with Crippen LogP contribution in [-0.4, -0.2) is 16.6 Å². The van der Waals surface area contributed by atoms with Crippen LogP contribution in [0.1, 0.15) is 42.6 Å². The van der Waals surface area contributed by atoms with Gasteiger partial charge < -0.3 is 9.84 Å². The topological polar surface area (TPSA) is 78.9 Å². The number of carbonyl (C=O) groups excluding carboxylic acids is 1. The number of hydrogen-bond donors (Lipinski definition) is 1. The highest BCUT2D eigenvalue weighted by Gasteiger charge is 2.34. The molecular formula is C11H13N3O2. The van der Waals surface area contributed by atoms with Gasteiger partial charge in [0.15, 0.2) is 5.69 Å². The van der Waals surface area contributed by atoms with E-state index in [9.17, 15) is 10.1 Å². The van der Waals surface area contributed by atoms with Crippen LogP contribution in [0.2, 0.25) is 0 Å². The van der Waals surface area contributed by atoms with Gasteiger partial charge in [-0.05, 0) is 12.8 Å². The Bertz CT molecular complexity index is 399. The first-order valence-corrected chi connectivity index (χ1v) is 5.40. The van der Waals surface area contributed by atoms with Crippen molar-refractivity contribution in [3.05, 3.63) is 18.0 Å². The fourth-order valence-corrected chi connectivity index (χ4v) is 2.03. The molecule has 0 saturated heterocycles. The van der Waals surface area contributed by atoms with Crippen molar-refractivity contribution in [2.45, 2.75) is 37.6 Å². The van der Waals surface area contributed by atoms with E-state index in [2.05, 4.69) is 21.1 Å². The molecule has 1 saturated carbocycles. The molecule has 84 valence electrons. The molecule has 0 radical (unpaired) electrons. The lowest BCUT2D eigenvalue weighted by atomic mass is 9.83. The van der Waals surface area contributed by atoms with Crippen LogP contribution >= 0.6 is 0 Å². The maximum atomic E-state index is 11.8. The highest BCUT2D eigenvalue weighted by atomic mass is 16.5. The van der Waals surface area contributed by atoms with E-state index in [1.165, 1.54) is 12.3 Å². The zero-order valence-corrected chi connectivity index (χ0v) is 8.90. The summed E-state index contributed by atoms with van der Waals surface area (Å²) in [7, 11) is 0. The van der Waals surface area contributed by atoms with Gasteiger partial charge in [0.05, 0.1) is 6.07 Å². The maximum Gasteiger partial charge on any atom is 0.274 e. The summed E-state index contributed by atoms with van der Waals surface area (Å²) in [6.45, 7) is 0. The molecule has 5 nitrogen and oxygen atoms in total. The molecule has 0 spiro atoms. The largest absolute Gasteiger partial charge is 0.364 e. The normalized spacial score (nSPS) is 18.7. The highest BCUT2D eigenvalue weighted by Crippen LogP contribution is 2.27. The molecule has 1 amide bonds. The van der Waals surface area contributed by atoms with E-state index in [1.54, 1.807) is 0 Å². The number of aromatic nitrogens is 1. The van der Waals surface area contributed by atoms with Gasteiger partial charge in [-0.15, -0.1) is 0 Å². The van der Waals surface area contributed by atoms with E-state index < -0.39 is 5.54 Å². The van der Waals surface area contributed by atoms with Crippen LogP contribution in [0.4, 0.5) is 0 Å². The molecule has 1 aliphatic rings. The smallest absolute Gasteiger partial charge is 0.274 e. The van der Waals surface area contributed by atoms with Gasteiger partial charge in [-0.2, -0.15) is 5.26 Å². The summed E-state index contributed by atoms with van der Waals surface area (Å²) in [5.74, 6) is -0.336. The zero-order chi connectivity index (χ0) is 11.4. The van der Waals surface area contributed by atoms with E-state index in [0.717, 1.165) is 19.3 Å². The third kappa shape index (κ3) is 2.06. The van der Waals surface area contributed by atoms with Crippen molar-refractivity contribution < 1.29 is 9.32 Å². The Morgan fingerprint density at radius 1 is 1.50 bits per heavy atom. The molecule has 0 unspecified atom stereocenters. The second-order valence-corrected chi connectivity index (χ2v) is 4.09. The minimum Gasteiger partial charge on any atom is -0.364 e. The Balaban J connectivity index is 2.07. The lowest BCUT2D eigenvalue weighted by Crippen LogP contribution is -2.48. The lowest BCUT2D eigenvalue weighted by molar-refractivity contribution is 0.0893. The number of hydrogen-bond acceptors (Lipinski definition) is 4. The lowest BCUT2D eigenvalue weighted by Gasteiger charge is -2.31. The summed E-state index contributed by atoms with van der Waals surface area (Å²) in [6, 6.07) is 3.71. The molecular weight excluding hydrogens is 206 g/mol. The third-order valence-corrected chi connectivity index (χ3v) is 2.94. The van der Waals surface area contributed by atoms with Crippen molar-refractivity contribution in [3.63, 3.8) is 0 Å². The molecule has 1 heterocycles. The van der Waals surface area contributed by atoms with Gasteiger partial charge in [-0.25, -0.2) is 0 Å². The van der Waals surface area contributed by atoms with Gasteiger partial charge in [0.1, 0.15) is 11.8 Å². The van der Waals surface area contributed by atoms with E-state index >= 15 is 0 Å². The minimum absolute atomic E-state index is 0.222. The summed E-state index contributed by atoms with van der Waals surface area (Å²) in [6.07, 6.45) is 5.86. The highest BCUT2D eigenvalue weighted by molar-refractivity contribution is 5.92. The quantitative estimate of drug-likeness (QED) is 0.819. The van der Waals surface area contributed by atoms with Gasteiger partial charge in [0.25, 0.3) is 5.91 Å². The third-order valence-electron chi connectivity index (χ3n) is 2.94. The second-order valence-electron chi connectivity index (χ2n) is 4.09. The SMILES string of the molecule is N#CC1(NC(=O)c2ccon2)CCCCC1. The van der Waals surface area contributed by atoms with Crippen molar-refractivity contribution in [2.24, 2.45) is 0 Å². The van der Waals surface area contributed by atoms with Crippen molar-refractivity contribution in [1.29, 1.82) is 5.26 Å². The van der Waals surface area contributed by atoms with E-state index in [0.29, 0.717) is 12.8 Å². The fraction of sp³-hybridized carbons (Fsp3) is 0.545. The average molecular weight is 219 g/mol. The first-order chi connectivity index (χ1) is 7.76. The van der Waals surface area contributed by atoms with Crippen LogP contribution in [0.5, 0.6) is 0 Å². The van der Waals surface area contributed by atoms with Gasteiger partial charge in [-0.3, -0.25) is 4.79 Å². The molecule has 1 N–H and O–H groups in total. The van der Waals surface area contributed by atoms with Crippen LogP contribution in [0, 0.1) is 11.3 Å². The molecule has 0 bridgehead atoms. The van der Waals surface area contributed by atoms with Crippen molar-refractivity contribution in [3.8, 4) is 6.07 Å². The van der Waals surface area contributed by atoms with Crippen LogP contribution < -0.4 is 5.32 Å². The summed E-state index contributed by atoms with van der Waals surface area (Å²) < 4.78 is 4.60. The van der Waals surface area contributed by atoms with E-state index in [-0.39, 0.29) is 11.6 Å². The van der Waals surface area contributed by atoms with Crippen LogP contribution in [0.25, 0.3) is 0 Å². The molecule has 1 aromatic rings. The van der Waals surface area contributed by atoms with E-state index in [4.69, 9.17) is 0 Å². The standard InChI is InChI=1S/C11H13N3O2/c12-8-11(5-2-1-3-6-11)13-10(15)9-4-7-16-14-9/h4,7H,1-3,5-6H2,(H,13,15). The van der Waals surface area contributed by atoms with Crippen LogP contribution in [0.3, 0.4) is 0 Å². The monoisotopic (exact) mass is 219 g/mol. The molecule has 16 heavy (non-hydrogen) atoms. The number of carbonyl (C=O) groups is 1. The Labute approximate surface area is 93.4 Å². The summed E-state index contributed by atoms with van der Waals surface area (Å²) in [5, 5.41) is 15.5. The summed E-state index contributed by atoms with van der Waals surface area (Å²) in [5.41, 5.74) is -0.492.